The van der Waals surface area contributed by atoms with E-state index in [1.54, 1.807) is 0 Å². The quantitative estimate of drug-likeness (QED) is 0.876. The van der Waals surface area contributed by atoms with Crippen LogP contribution in [0.25, 0.3) is 0 Å². The number of nitrogen functional groups attached to an aromatic ring is 1. The maximum atomic E-state index is 12.1. The van der Waals surface area contributed by atoms with E-state index < -0.39 is 25.0 Å². The van der Waals surface area contributed by atoms with Crippen molar-refractivity contribution < 1.29 is 18.0 Å². The summed E-state index contributed by atoms with van der Waals surface area (Å²) in [6.45, 7) is -0.398. The second kappa shape index (κ2) is 5.47. The van der Waals surface area contributed by atoms with E-state index in [1.807, 2.05) is 0 Å². The summed E-state index contributed by atoms with van der Waals surface area (Å²) in [5, 5.41) is 3.64. The normalized spacial score (nSPS) is 15.2. The number of aromatic nitrogens is 1. The van der Waals surface area contributed by atoms with Crippen LogP contribution in [0.4, 0.5) is 24.1 Å². The first-order valence-corrected chi connectivity index (χ1v) is 6.93. The first-order valence-electron chi connectivity index (χ1n) is 6.11. The van der Waals surface area contributed by atoms with Gasteiger partial charge in [0.1, 0.15) is 10.7 Å². The fraction of sp³-hybridized carbons (Fsp3) is 0.636. The molecule has 0 unspecified atom stereocenters. The molecule has 1 aliphatic carbocycles. The SMILES string of the molecule is CN(CCC(F)(F)F)C(=O)c1sc(NC2CC2)nc1N. The molecule has 20 heavy (non-hydrogen) atoms. The molecule has 2 rings (SSSR count). The summed E-state index contributed by atoms with van der Waals surface area (Å²) in [4.78, 5) is 17.2. The Labute approximate surface area is 118 Å². The molecule has 5 nitrogen and oxygen atoms in total. The Morgan fingerprint density at radius 1 is 1.55 bits per heavy atom. The van der Waals surface area contributed by atoms with E-state index in [0.717, 1.165) is 29.1 Å². The Morgan fingerprint density at radius 3 is 2.75 bits per heavy atom. The number of nitrogens with one attached hydrogen (secondary N) is 1. The first-order chi connectivity index (χ1) is 9.26. The number of carbonyl (C=O) groups excluding carboxylic acids is 1. The molecule has 3 N–H and O–H groups in total. The van der Waals surface area contributed by atoms with Crippen LogP contribution in [0.1, 0.15) is 28.9 Å². The van der Waals surface area contributed by atoms with Crippen LogP contribution in [0, 0.1) is 0 Å². The van der Waals surface area contributed by atoms with Gasteiger partial charge in [-0.1, -0.05) is 11.3 Å². The molecule has 0 bridgehead atoms. The third kappa shape index (κ3) is 3.99. The lowest BCUT2D eigenvalue weighted by molar-refractivity contribution is -0.136. The molecule has 0 saturated heterocycles. The minimum Gasteiger partial charge on any atom is -0.382 e. The molecular weight excluding hydrogens is 293 g/mol. The van der Waals surface area contributed by atoms with Crippen LogP contribution in [0.2, 0.25) is 0 Å². The van der Waals surface area contributed by atoms with E-state index >= 15 is 0 Å². The molecular formula is C11H15F3N4OS. The van der Waals surface area contributed by atoms with Gasteiger partial charge in [0.25, 0.3) is 5.91 Å². The van der Waals surface area contributed by atoms with E-state index in [-0.39, 0.29) is 10.7 Å². The van der Waals surface area contributed by atoms with Gasteiger partial charge in [-0.3, -0.25) is 4.79 Å². The van der Waals surface area contributed by atoms with Gasteiger partial charge in [-0.25, -0.2) is 4.98 Å². The van der Waals surface area contributed by atoms with E-state index in [1.165, 1.54) is 7.05 Å². The fourth-order valence-electron chi connectivity index (χ4n) is 1.52. The van der Waals surface area contributed by atoms with Crippen LogP contribution in [-0.2, 0) is 0 Å². The monoisotopic (exact) mass is 308 g/mol. The zero-order chi connectivity index (χ0) is 14.9. The molecule has 1 saturated carbocycles. The number of nitrogens with two attached hydrogens (primary N) is 1. The summed E-state index contributed by atoms with van der Waals surface area (Å²) in [5.41, 5.74) is 5.65. The molecule has 1 aromatic heterocycles. The highest BCUT2D eigenvalue weighted by molar-refractivity contribution is 7.18. The molecule has 0 spiro atoms. The Morgan fingerprint density at radius 2 is 2.20 bits per heavy atom. The van der Waals surface area contributed by atoms with E-state index in [0.29, 0.717) is 11.2 Å². The number of anilines is 2. The lowest BCUT2D eigenvalue weighted by atomic mass is 10.3. The zero-order valence-corrected chi connectivity index (χ0v) is 11.6. The molecule has 0 atom stereocenters. The second-order valence-corrected chi connectivity index (χ2v) is 5.74. The highest BCUT2D eigenvalue weighted by Gasteiger charge is 2.29. The molecule has 9 heteroatoms. The number of hydrogen-bond acceptors (Lipinski definition) is 5. The summed E-state index contributed by atoms with van der Waals surface area (Å²) >= 11 is 1.08. The van der Waals surface area contributed by atoms with Gasteiger partial charge < -0.3 is 16.0 Å². The molecule has 0 aliphatic heterocycles. The highest BCUT2D eigenvalue weighted by atomic mass is 32.1. The van der Waals surface area contributed by atoms with Crippen molar-refractivity contribution in [2.75, 3.05) is 24.6 Å². The Kier molecular flexibility index (Phi) is 4.07. The summed E-state index contributed by atoms with van der Waals surface area (Å²) < 4.78 is 36.4. The average molecular weight is 308 g/mol. The number of thiazole rings is 1. The van der Waals surface area contributed by atoms with Crippen LogP contribution >= 0.6 is 11.3 Å². The minimum atomic E-state index is -4.29. The maximum Gasteiger partial charge on any atom is 0.390 e. The third-order valence-corrected chi connectivity index (χ3v) is 3.82. The zero-order valence-electron chi connectivity index (χ0n) is 10.8. The standard InChI is InChI=1S/C11H15F3N4OS/c1-18(5-4-11(12,13)14)9(19)7-8(15)17-10(20-7)16-6-2-3-6/h6H,2-5,15H2,1H3,(H,16,17). The van der Waals surface area contributed by atoms with Crippen LogP contribution in [0.3, 0.4) is 0 Å². The number of alkyl halides is 3. The maximum absolute atomic E-state index is 12.1. The molecule has 1 amide bonds. The van der Waals surface area contributed by atoms with Gasteiger partial charge in [0.15, 0.2) is 5.13 Å². The van der Waals surface area contributed by atoms with Crippen molar-refractivity contribution >= 4 is 28.2 Å². The molecule has 1 aromatic rings. The van der Waals surface area contributed by atoms with E-state index in [9.17, 15) is 18.0 Å². The molecule has 0 aromatic carbocycles. The van der Waals surface area contributed by atoms with Gasteiger partial charge in [0.05, 0.1) is 6.42 Å². The Balaban J connectivity index is 1.98. The summed E-state index contributed by atoms with van der Waals surface area (Å²) in [6.07, 6.45) is -3.23. The van der Waals surface area contributed by atoms with E-state index in [2.05, 4.69) is 10.3 Å². The predicted molar refractivity (Wildman–Crippen MR) is 70.8 cm³/mol. The molecule has 1 fully saturated rings. The Bertz CT molecular complexity index is 498. The molecule has 1 heterocycles. The summed E-state index contributed by atoms with van der Waals surface area (Å²) in [5.74, 6) is -0.477. The van der Waals surface area contributed by atoms with Crippen molar-refractivity contribution in [3.05, 3.63) is 4.88 Å². The minimum absolute atomic E-state index is 0.0574. The molecule has 112 valence electrons. The number of carbonyl (C=O) groups is 1. The van der Waals surface area contributed by atoms with Gasteiger partial charge in [-0.05, 0) is 12.8 Å². The van der Waals surface area contributed by atoms with Crippen LogP contribution in [0.5, 0.6) is 0 Å². The average Bonchev–Trinajstić information content (AvgIpc) is 3.07. The highest BCUT2D eigenvalue weighted by Crippen LogP contribution is 2.31. The van der Waals surface area contributed by atoms with Crippen molar-refractivity contribution in [1.82, 2.24) is 9.88 Å². The van der Waals surface area contributed by atoms with Gasteiger partial charge in [-0.2, -0.15) is 13.2 Å². The van der Waals surface area contributed by atoms with Gasteiger partial charge in [0, 0.05) is 19.6 Å². The van der Waals surface area contributed by atoms with Crippen LogP contribution in [-0.4, -0.2) is 41.6 Å². The lowest BCUT2D eigenvalue weighted by Gasteiger charge is -2.17. The van der Waals surface area contributed by atoms with Gasteiger partial charge in [0.2, 0.25) is 0 Å². The number of nitrogens with zero attached hydrogens (tertiary/aromatic N) is 2. The number of rotatable bonds is 5. The third-order valence-electron chi connectivity index (χ3n) is 2.83. The van der Waals surface area contributed by atoms with Crippen LogP contribution < -0.4 is 11.1 Å². The smallest absolute Gasteiger partial charge is 0.382 e. The van der Waals surface area contributed by atoms with Gasteiger partial charge >= 0.3 is 6.18 Å². The fourth-order valence-corrected chi connectivity index (χ4v) is 2.47. The topological polar surface area (TPSA) is 71.2 Å². The van der Waals surface area contributed by atoms with Crippen LogP contribution in [0.15, 0.2) is 0 Å². The Hall–Kier alpha value is -1.51. The lowest BCUT2D eigenvalue weighted by Crippen LogP contribution is -2.30. The predicted octanol–water partition coefficient (Wildman–Crippen LogP) is 2.32. The summed E-state index contributed by atoms with van der Waals surface area (Å²) in [7, 11) is 1.32. The number of halogens is 3. The van der Waals surface area contributed by atoms with E-state index in [4.69, 9.17) is 5.73 Å². The molecule has 0 radical (unpaired) electrons. The van der Waals surface area contributed by atoms with Crippen molar-refractivity contribution in [2.24, 2.45) is 0 Å². The summed E-state index contributed by atoms with van der Waals surface area (Å²) in [6, 6.07) is 0.367. The molecule has 1 aliphatic rings. The van der Waals surface area contributed by atoms with Gasteiger partial charge in [-0.15, -0.1) is 0 Å². The number of amides is 1. The largest absolute Gasteiger partial charge is 0.390 e. The van der Waals surface area contributed by atoms with Crippen molar-refractivity contribution in [3.8, 4) is 0 Å². The second-order valence-electron chi connectivity index (χ2n) is 4.74. The van der Waals surface area contributed by atoms with Crippen molar-refractivity contribution in [1.29, 1.82) is 0 Å². The van der Waals surface area contributed by atoms with Crippen molar-refractivity contribution in [3.63, 3.8) is 0 Å². The van der Waals surface area contributed by atoms with Crippen molar-refractivity contribution in [2.45, 2.75) is 31.5 Å². The first kappa shape index (κ1) is 14.9. The number of hydrogen-bond donors (Lipinski definition) is 2.